The third-order valence-corrected chi connectivity index (χ3v) is 5.65. The Morgan fingerprint density at radius 2 is 1.91 bits per heavy atom. The number of carbonyl (C=O) groups is 1. The molecule has 3 rings (SSSR count). The molecule has 1 heterocycles. The van der Waals surface area contributed by atoms with E-state index < -0.39 is 5.60 Å². The average molecular weight is 463 g/mol. The van der Waals surface area contributed by atoms with E-state index >= 15 is 0 Å². The molecule has 0 unspecified atom stereocenters. The van der Waals surface area contributed by atoms with E-state index in [0.29, 0.717) is 17.4 Å². The Balaban J connectivity index is 1.57. The SMILES string of the molecule is Cc1cccc(F)c1NCc1cnc(Cl)cc1NC1CCC(NC(=O)OC(C)(C)C)CC1. The topological polar surface area (TPSA) is 75.3 Å². The van der Waals surface area contributed by atoms with Crippen LogP contribution in [0.3, 0.4) is 0 Å². The van der Waals surface area contributed by atoms with Crippen molar-refractivity contribution in [3.8, 4) is 0 Å². The number of ether oxygens (including phenoxy) is 1. The highest BCUT2D eigenvalue weighted by Crippen LogP contribution is 2.27. The van der Waals surface area contributed by atoms with Crippen LogP contribution >= 0.6 is 11.6 Å². The lowest BCUT2D eigenvalue weighted by molar-refractivity contribution is 0.0492. The van der Waals surface area contributed by atoms with Crippen LogP contribution in [0, 0.1) is 12.7 Å². The molecule has 1 aromatic carbocycles. The molecule has 32 heavy (non-hydrogen) atoms. The van der Waals surface area contributed by atoms with E-state index in [0.717, 1.165) is 42.5 Å². The van der Waals surface area contributed by atoms with Crippen LogP contribution in [0.15, 0.2) is 30.5 Å². The van der Waals surface area contributed by atoms with Crippen LogP contribution in [0.4, 0.5) is 20.6 Å². The number of nitrogens with one attached hydrogen (secondary N) is 3. The van der Waals surface area contributed by atoms with Gasteiger partial charge in [-0.25, -0.2) is 14.2 Å². The molecular formula is C24H32ClFN4O2. The van der Waals surface area contributed by atoms with E-state index in [-0.39, 0.29) is 24.0 Å². The molecule has 0 radical (unpaired) electrons. The highest BCUT2D eigenvalue weighted by atomic mass is 35.5. The fraction of sp³-hybridized carbons (Fsp3) is 0.500. The highest BCUT2D eigenvalue weighted by Gasteiger charge is 2.25. The summed E-state index contributed by atoms with van der Waals surface area (Å²) in [7, 11) is 0. The molecule has 0 saturated heterocycles. The number of para-hydroxylation sites is 1. The number of halogens is 2. The number of aryl methyl sites for hydroxylation is 1. The van der Waals surface area contributed by atoms with Crippen molar-refractivity contribution in [3.05, 3.63) is 52.6 Å². The Morgan fingerprint density at radius 3 is 2.56 bits per heavy atom. The summed E-state index contributed by atoms with van der Waals surface area (Å²) in [6.07, 6.45) is 4.87. The molecule has 1 aromatic heterocycles. The number of aromatic nitrogens is 1. The summed E-state index contributed by atoms with van der Waals surface area (Å²) in [4.78, 5) is 16.2. The number of carbonyl (C=O) groups excluding carboxylic acids is 1. The first-order valence-electron chi connectivity index (χ1n) is 11.0. The summed E-state index contributed by atoms with van der Waals surface area (Å²) in [5.41, 5.74) is 2.62. The molecule has 0 bridgehead atoms. The summed E-state index contributed by atoms with van der Waals surface area (Å²) >= 11 is 6.14. The van der Waals surface area contributed by atoms with E-state index in [9.17, 15) is 9.18 Å². The molecular weight excluding hydrogens is 431 g/mol. The largest absolute Gasteiger partial charge is 0.444 e. The summed E-state index contributed by atoms with van der Waals surface area (Å²) in [6, 6.07) is 7.17. The van der Waals surface area contributed by atoms with Crippen LogP contribution in [0.2, 0.25) is 5.15 Å². The predicted molar refractivity (Wildman–Crippen MR) is 127 cm³/mol. The number of alkyl carbamates (subject to hydrolysis) is 1. The van der Waals surface area contributed by atoms with Crippen molar-refractivity contribution in [3.63, 3.8) is 0 Å². The number of amides is 1. The van der Waals surface area contributed by atoms with Crippen LogP contribution in [0.5, 0.6) is 0 Å². The second-order valence-corrected chi connectivity index (χ2v) is 9.68. The number of rotatable bonds is 6. The fourth-order valence-corrected chi connectivity index (χ4v) is 4.01. The maximum Gasteiger partial charge on any atom is 0.407 e. The Morgan fingerprint density at radius 1 is 1.22 bits per heavy atom. The zero-order valence-corrected chi connectivity index (χ0v) is 19.9. The Hall–Kier alpha value is -2.54. The van der Waals surface area contributed by atoms with Crippen LogP contribution in [-0.2, 0) is 11.3 Å². The number of benzene rings is 1. The first kappa shape index (κ1) is 24.1. The molecule has 174 valence electrons. The van der Waals surface area contributed by atoms with E-state index in [4.69, 9.17) is 16.3 Å². The van der Waals surface area contributed by atoms with Gasteiger partial charge in [-0.05, 0) is 71.1 Å². The quantitative estimate of drug-likeness (QED) is 0.456. The molecule has 0 spiro atoms. The monoisotopic (exact) mass is 462 g/mol. The predicted octanol–water partition coefficient (Wildman–Crippen LogP) is 6.04. The molecule has 2 aromatic rings. The minimum atomic E-state index is -0.505. The zero-order chi connectivity index (χ0) is 23.3. The van der Waals surface area contributed by atoms with Crippen molar-refractivity contribution >= 4 is 29.1 Å². The van der Waals surface area contributed by atoms with Crippen molar-refractivity contribution in [1.29, 1.82) is 0 Å². The van der Waals surface area contributed by atoms with Crippen LogP contribution < -0.4 is 16.0 Å². The van der Waals surface area contributed by atoms with Gasteiger partial charge in [-0.1, -0.05) is 23.7 Å². The minimum Gasteiger partial charge on any atom is -0.444 e. The number of hydrogen-bond acceptors (Lipinski definition) is 5. The Kier molecular flexibility index (Phi) is 7.82. The Bertz CT molecular complexity index is 920. The molecule has 1 saturated carbocycles. The number of nitrogens with zero attached hydrogens (tertiary/aromatic N) is 1. The summed E-state index contributed by atoms with van der Waals surface area (Å²) in [6.45, 7) is 7.85. The molecule has 3 N–H and O–H groups in total. The first-order chi connectivity index (χ1) is 15.1. The van der Waals surface area contributed by atoms with Gasteiger partial charge in [0.25, 0.3) is 0 Å². The average Bonchev–Trinajstić information content (AvgIpc) is 2.69. The van der Waals surface area contributed by atoms with Gasteiger partial charge >= 0.3 is 6.09 Å². The standard InChI is InChI=1S/C24H32ClFN4O2/c1-15-6-5-7-19(26)22(15)28-14-16-13-27-21(25)12-20(16)29-17-8-10-18(11-9-17)30-23(31)32-24(2,3)4/h5-7,12-13,17-18,28H,8-11,14H2,1-4H3,(H,27,29)(H,30,31). The van der Waals surface area contributed by atoms with Crippen LogP contribution in [-0.4, -0.2) is 28.8 Å². The second-order valence-electron chi connectivity index (χ2n) is 9.29. The van der Waals surface area contributed by atoms with Crippen molar-refractivity contribution in [2.45, 2.75) is 77.6 Å². The molecule has 0 aliphatic heterocycles. The molecule has 6 nitrogen and oxygen atoms in total. The normalized spacial score (nSPS) is 18.7. The van der Waals surface area contributed by atoms with Crippen LogP contribution in [0.25, 0.3) is 0 Å². The van der Waals surface area contributed by atoms with Gasteiger partial charge in [0, 0.05) is 36.1 Å². The molecule has 8 heteroatoms. The number of anilines is 2. The lowest BCUT2D eigenvalue weighted by Crippen LogP contribution is -2.42. The van der Waals surface area contributed by atoms with Gasteiger partial charge in [-0.15, -0.1) is 0 Å². The van der Waals surface area contributed by atoms with E-state index in [2.05, 4.69) is 20.9 Å². The van der Waals surface area contributed by atoms with Gasteiger partial charge in [0.05, 0.1) is 5.69 Å². The lowest BCUT2D eigenvalue weighted by Gasteiger charge is -2.31. The summed E-state index contributed by atoms with van der Waals surface area (Å²) in [5, 5.41) is 10.1. The second kappa shape index (κ2) is 10.4. The van der Waals surface area contributed by atoms with Gasteiger partial charge in [-0.3, -0.25) is 0 Å². The van der Waals surface area contributed by atoms with Crippen LogP contribution in [0.1, 0.15) is 57.6 Å². The fourth-order valence-electron chi connectivity index (χ4n) is 3.85. The third-order valence-electron chi connectivity index (χ3n) is 5.44. The van der Waals surface area contributed by atoms with Gasteiger partial charge in [-0.2, -0.15) is 0 Å². The molecule has 1 aliphatic carbocycles. The molecule has 1 amide bonds. The van der Waals surface area contributed by atoms with Gasteiger partial charge in [0.15, 0.2) is 0 Å². The molecule has 1 fully saturated rings. The number of hydrogen-bond donors (Lipinski definition) is 3. The van der Waals surface area contributed by atoms with E-state index in [1.807, 2.05) is 33.8 Å². The van der Waals surface area contributed by atoms with Crippen molar-refractivity contribution in [1.82, 2.24) is 10.3 Å². The lowest BCUT2D eigenvalue weighted by atomic mass is 9.91. The van der Waals surface area contributed by atoms with E-state index in [1.165, 1.54) is 6.07 Å². The first-order valence-corrected chi connectivity index (χ1v) is 11.4. The Labute approximate surface area is 194 Å². The maximum absolute atomic E-state index is 14.2. The van der Waals surface area contributed by atoms with E-state index in [1.54, 1.807) is 18.3 Å². The van der Waals surface area contributed by atoms with Crippen molar-refractivity contribution < 1.29 is 13.9 Å². The van der Waals surface area contributed by atoms with Gasteiger partial charge in [0.2, 0.25) is 0 Å². The smallest absolute Gasteiger partial charge is 0.407 e. The zero-order valence-electron chi connectivity index (χ0n) is 19.1. The van der Waals surface area contributed by atoms with Crippen molar-refractivity contribution in [2.75, 3.05) is 10.6 Å². The maximum atomic E-state index is 14.2. The number of pyridine rings is 1. The van der Waals surface area contributed by atoms with Gasteiger partial charge < -0.3 is 20.7 Å². The third kappa shape index (κ3) is 6.99. The van der Waals surface area contributed by atoms with Crippen molar-refractivity contribution in [2.24, 2.45) is 0 Å². The minimum absolute atomic E-state index is 0.106. The van der Waals surface area contributed by atoms with Gasteiger partial charge in [0.1, 0.15) is 16.6 Å². The molecule has 0 atom stereocenters. The molecule has 1 aliphatic rings. The summed E-state index contributed by atoms with van der Waals surface area (Å²) in [5.74, 6) is -0.280. The highest BCUT2D eigenvalue weighted by molar-refractivity contribution is 6.29. The summed E-state index contributed by atoms with van der Waals surface area (Å²) < 4.78 is 19.5.